The van der Waals surface area contributed by atoms with Gasteiger partial charge in [-0.3, -0.25) is 0 Å². The lowest BCUT2D eigenvalue weighted by atomic mass is 10.2. The van der Waals surface area contributed by atoms with E-state index < -0.39 is 0 Å². The van der Waals surface area contributed by atoms with E-state index >= 15 is 0 Å². The smallest absolute Gasteiger partial charge is 0.322 e. The third-order valence-corrected chi connectivity index (χ3v) is 5.80. The largest absolute Gasteiger partial charge is 0.487 e. The molecule has 2 saturated heterocycles. The van der Waals surface area contributed by atoms with Gasteiger partial charge < -0.3 is 24.4 Å². The van der Waals surface area contributed by atoms with Gasteiger partial charge in [0.25, 0.3) is 0 Å². The fourth-order valence-corrected chi connectivity index (χ4v) is 4.09. The van der Waals surface area contributed by atoms with Gasteiger partial charge in [0.05, 0.1) is 17.9 Å². The molecule has 2 aromatic carbocycles. The van der Waals surface area contributed by atoms with Crippen LogP contribution in [-0.2, 0) is 16.1 Å². The standard InChI is InChI=1S/C25H32N2O4/c1-19-11-12-23(24(15-19)31-18-20-7-3-2-4-8-20)26-25(28)27(16-21-9-5-13-29-21)17-22-10-6-14-30-22/h2-4,7-8,11-12,15,21-22H,5-6,9-10,13-14,16-18H2,1H3,(H,26,28)/t21-,22-/m1/s1. The van der Waals surface area contributed by atoms with Crippen LogP contribution < -0.4 is 10.1 Å². The Labute approximate surface area is 184 Å². The van der Waals surface area contributed by atoms with E-state index in [4.69, 9.17) is 14.2 Å². The molecule has 6 nitrogen and oxygen atoms in total. The Morgan fingerprint density at radius 1 is 1.03 bits per heavy atom. The van der Waals surface area contributed by atoms with Crippen LogP contribution in [0.2, 0.25) is 0 Å². The third-order valence-electron chi connectivity index (χ3n) is 5.80. The summed E-state index contributed by atoms with van der Waals surface area (Å²) in [5.41, 5.74) is 2.84. The molecule has 1 N–H and O–H groups in total. The molecule has 2 fully saturated rings. The second kappa shape index (κ2) is 10.6. The zero-order valence-electron chi connectivity index (χ0n) is 18.2. The van der Waals surface area contributed by atoms with E-state index in [2.05, 4.69) is 5.32 Å². The molecule has 0 spiro atoms. The maximum absolute atomic E-state index is 13.2. The Morgan fingerprint density at radius 3 is 2.32 bits per heavy atom. The molecule has 0 aliphatic carbocycles. The summed E-state index contributed by atoms with van der Waals surface area (Å²) in [5, 5.41) is 3.07. The van der Waals surface area contributed by atoms with Crippen LogP contribution in [0.4, 0.5) is 10.5 Å². The van der Waals surface area contributed by atoms with E-state index in [0.29, 0.717) is 31.1 Å². The number of hydrogen-bond acceptors (Lipinski definition) is 4. The van der Waals surface area contributed by atoms with Gasteiger partial charge in [0.15, 0.2) is 0 Å². The summed E-state index contributed by atoms with van der Waals surface area (Å²) in [6.45, 7) is 5.17. The first-order valence-corrected chi connectivity index (χ1v) is 11.2. The Morgan fingerprint density at radius 2 is 1.71 bits per heavy atom. The molecule has 2 aliphatic heterocycles. The summed E-state index contributed by atoms with van der Waals surface area (Å²) in [6.07, 6.45) is 4.28. The molecule has 166 valence electrons. The summed E-state index contributed by atoms with van der Waals surface area (Å²) in [7, 11) is 0. The third kappa shape index (κ3) is 6.21. The number of benzene rings is 2. The van der Waals surface area contributed by atoms with E-state index in [-0.39, 0.29) is 18.2 Å². The Hall–Kier alpha value is -2.57. The maximum atomic E-state index is 13.2. The predicted octanol–water partition coefficient (Wildman–Crippen LogP) is 4.77. The summed E-state index contributed by atoms with van der Waals surface area (Å²) in [4.78, 5) is 15.1. The number of amides is 2. The van der Waals surface area contributed by atoms with Gasteiger partial charge in [-0.1, -0.05) is 36.4 Å². The average molecular weight is 425 g/mol. The van der Waals surface area contributed by atoms with E-state index in [1.54, 1.807) is 0 Å². The van der Waals surface area contributed by atoms with Crippen molar-refractivity contribution in [3.63, 3.8) is 0 Å². The van der Waals surface area contributed by atoms with Crippen LogP contribution in [-0.4, -0.2) is 49.4 Å². The molecular weight excluding hydrogens is 392 g/mol. The van der Waals surface area contributed by atoms with Gasteiger partial charge in [0, 0.05) is 26.3 Å². The molecule has 0 radical (unpaired) electrons. The van der Waals surface area contributed by atoms with Crippen LogP contribution >= 0.6 is 0 Å². The van der Waals surface area contributed by atoms with Crippen LogP contribution in [0, 0.1) is 6.92 Å². The monoisotopic (exact) mass is 424 g/mol. The van der Waals surface area contributed by atoms with Crippen LogP contribution in [0.15, 0.2) is 48.5 Å². The molecule has 0 unspecified atom stereocenters. The van der Waals surface area contributed by atoms with Crippen molar-refractivity contribution in [2.24, 2.45) is 0 Å². The number of urea groups is 1. The maximum Gasteiger partial charge on any atom is 0.322 e. The number of carbonyl (C=O) groups excluding carboxylic acids is 1. The second-order valence-corrected chi connectivity index (χ2v) is 8.38. The van der Waals surface area contributed by atoms with Gasteiger partial charge in [-0.25, -0.2) is 4.79 Å². The van der Waals surface area contributed by atoms with Crippen molar-refractivity contribution >= 4 is 11.7 Å². The van der Waals surface area contributed by atoms with E-state index in [0.717, 1.165) is 50.0 Å². The molecule has 31 heavy (non-hydrogen) atoms. The Balaban J connectivity index is 1.45. The van der Waals surface area contributed by atoms with Crippen molar-refractivity contribution in [2.75, 3.05) is 31.6 Å². The minimum absolute atomic E-state index is 0.0963. The van der Waals surface area contributed by atoms with Crippen molar-refractivity contribution in [3.8, 4) is 5.75 Å². The van der Waals surface area contributed by atoms with Crippen molar-refractivity contribution in [1.82, 2.24) is 4.90 Å². The molecule has 2 aliphatic rings. The van der Waals surface area contributed by atoms with Gasteiger partial charge in [-0.2, -0.15) is 0 Å². The van der Waals surface area contributed by atoms with Crippen molar-refractivity contribution in [1.29, 1.82) is 0 Å². The number of ether oxygens (including phenoxy) is 3. The molecule has 0 saturated carbocycles. The zero-order valence-corrected chi connectivity index (χ0v) is 18.2. The summed E-state index contributed by atoms with van der Waals surface area (Å²) in [6, 6.07) is 15.7. The minimum Gasteiger partial charge on any atom is -0.487 e. The highest BCUT2D eigenvalue weighted by atomic mass is 16.5. The molecule has 4 rings (SSSR count). The summed E-state index contributed by atoms with van der Waals surface area (Å²) >= 11 is 0. The molecule has 2 atom stereocenters. The SMILES string of the molecule is Cc1ccc(NC(=O)N(C[C@H]2CCCO2)C[C@H]2CCCO2)c(OCc2ccccc2)c1. The Bertz CT molecular complexity index is 828. The van der Waals surface area contributed by atoms with Gasteiger partial charge in [-0.05, 0) is 55.9 Å². The lowest BCUT2D eigenvalue weighted by Gasteiger charge is -2.28. The quantitative estimate of drug-likeness (QED) is 0.663. The molecule has 2 amide bonds. The second-order valence-electron chi connectivity index (χ2n) is 8.38. The fourth-order valence-electron chi connectivity index (χ4n) is 4.09. The molecular formula is C25H32N2O4. The topological polar surface area (TPSA) is 60.0 Å². The number of nitrogens with one attached hydrogen (secondary N) is 1. The normalized spacial score (nSPS) is 20.5. The van der Waals surface area contributed by atoms with Crippen LogP contribution in [0.1, 0.15) is 36.8 Å². The lowest BCUT2D eigenvalue weighted by Crippen LogP contribution is -2.44. The van der Waals surface area contributed by atoms with Gasteiger partial charge >= 0.3 is 6.03 Å². The minimum atomic E-state index is -0.139. The van der Waals surface area contributed by atoms with E-state index in [1.165, 1.54) is 0 Å². The number of hydrogen-bond donors (Lipinski definition) is 1. The highest BCUT2D eigenvalue weighted by Gasteiger charge is 2.27. The number of carbonyl (C=O) groups is 1. The predicted molar refractivity (Wildman–Crippen MR) is 120 cm³/mol. The first-order valence-electron chi connectivity index (χ1n) is 11.2. The lowest BCUT2D eigenvalue weighted by molar-refractivity contribution is 0.0524. The van der Waals surface area contributed by atoms with Crippen molar-refractivity contribution < 1.29 is 19.0 Å². The number of nitrogens with zero attached hydrogens (tertiary/aromatic N) is 1. The molecule has 2 aromatic rings. The van der Waals surface area contributed by atoms with Crippen molar-refractivity contribution in [2.45, 2.75) is 51.4 Å². The van der Waals surface area contributed by atoms with Gasteiger partial charge in [0.2, 0.25) is 0 Å². The van der Waals surface area contributed by atoms with E-state index in [1.807, 2.05) is 60.4 Å². The highest BCUT2D eigenvalue weighted by molar-refractivity contribution is 5.91. The van der Waals surface area contributed by atoms with Crippen LogP contribution in [0.25, 0.3) is 0 Å². The van der Waals surface area contributed by atoms with Crippen LogP contribution in [0.3, 0.4) is 0 Å². The number of aryl methyl sites for hydroxylation is 1. The zero-order chi connectivity index (χ0) is 21.5. The number of rotatable bonds is 8. The number of anilines is 1. The van der Waals surface area contributed by atoms with Crippen molar-refractivity contribution in [3.05, 3.63) is 59.7 Å². The molecule has 2 heterocycles. The highest BCUT2D eigenvalue weighted by Crippen LogP contribution is 2.27. The first-order chi connectivity index (χ1) is 15.2. The molecule has 0 bridgehead atoms. The van der Waals surface area contributed by atoms with E-state index in [9.17, 15) is 4.79 Å². The Kier molecular flexibility index (Phi) is 7.43. The summed E-state index contributed by atoms with van der Waals surface area (Å²) in [5.74, 6) is 0.673. The molecule has 6 heteroatoms. The first kappa shape index (κ1) is 21.7. The van der Waals surface area contributed by atoms with Gasteiger partial charge in [0.1, 0.15) is 12.4 Å². The summed E-state index contributed by atoms with van der Waals surface area (Å²) < 4.78 is 17.6. The fraction of sp³-hybridized carbons (Fsp3) is 0.480. The van der Waals surface area contributed by atoms with Crippen LogP contribution in [0.5, 0.6) is 5.75 Å². The molecule has 0 aromatic heterocycles. The average Bonchev–Trinajstić information content (AvgIpc) is 3.48. The van der Waals surface area contributed by atoms with Gasteiger partial charge in [-0.15, -0.1) is 0 Å².